The highest BCUT2D eigenvalue weighted by molar-refractivity contribution is 6.33. The molecule has 28 nitrogen and oxygen atoms in total. The van der Waals surface area contributed by atoms with E-state index in [4.69, 9.17) is 4.42 Å². The number of furan rings is 1. The van der Waals surface area contributed by atoms with E-state index in [1.807, 2.05) is 0 Å². The molecule has 9 aromatic carbocycles. The highest BCUT2D eigenvalue weighted by atomic mass is 16.4. The minimum atomic E-state index is -1.73. The number of rotatable bonds is 3. The van der Waals surface area contributed by atoms with E-state index in [-0.39, 0.29) is 0 Å². The van der Waals surface area contributed by atoms with Crippen molar-refractivity contribution in [1.29, 1.82) is 0 Å². The lowest BCUT2D eigenvalue weighted by Gasteiger charge is -2.24. The molecule has 0 amide bonds. The van der Waals surface area contributed by atoms with Crippen molar-refractivity contribution in [3.8, 4) is 189 Å². The predicted octanol–water partition coefficient (Wildman–Crippen LogP) is 5.25. The molecule has 10 aromatic rings. The molecule has 0 fully saturated rings. The molecule has 28 heteroatoms. The van der Waals surface area contributed by atoms with Crippen LogP contribution in [-0.4, -0.2) is 138 Å². The number of hydrogen-bond acceptors (Lipinski definition) is 28. The fraction of sp³-hybridized carbons (Fsp3) is 0. The molecule has 0 spiro atoms. The monoisotopic (exact) mass is 1030 g/mol. The molecule has 0 saturated carbocycles. The number of phenolic OH excluding ortho intramolecular Hbond substituents is 27. The molecule has 0 unspecified atom stereocenters. The van der Waals surface area contributed by atoms with Crippen LogP contribution < -0.4 is 0 Å². The molecule has 0 radical (unpaired) electrons. The summed E-state index contributed by atoms with van der Waals surface area (Å²) in [5, 5.41) is 289. The second-order valence-corrected chi connectivity index (χ2v) is 16.4. The van der Waals surface area contributed by atoms with Crippen molar-refractivity contribution >= 4 is 65.0 Å². The Morgan fingerprint density at radius 2 is 0.432 bits per heavy atom. The van der Waals surface area contributed by atoms with Crippen molar-refractivity contribution in [3.05, 3.63) is 6.07 Å². The van der Waals surface area contributed by atoms with Gasteiger partial charge in [0.05, 0.1) is 49.2 Å². The van der Waals surface area contributed by atoms with Gasteiger partial charge in [-0.3, -0.25) is 0 Å². The molecule has 0 aliphatic rings. The average molecular weight is 1030 g/mol. The van der Waals surface area contributed by atoms with Crippen LogP contribution >= 0.6 is 0 Å². The number of hydrogen-bond donors (Lipinski definition) is 27. The molecule has 1 heterocycles. The maximum absolute atomic E-state index is 12.3. The third-order valence-corrected chi connectivity index (χ3v) is 12.8. The standard InChI is InChI=1S/C46H28O28/c47-3-1-2-4(22(51)27(56)13(19(2)48)14-29(58)40(69)43(72)41(70)30(14)59)20(49)5(3)6-8-10(25(54)37(66)35(64)23(8)52)7(11-9(6)24(53)36(65)38(67)26(11)55)12-21(50)17-18-33(62)28(57)15-16(34(63)42(71)39(68)31(15)60)45(18)74-46(17)44(73)32(12)61/h1,47-73H. The Labute approximate surface area is 401 Å². The highest BCUT2D eigenvalue weighted by Crippen LogP contribution is 2.69. The van der Waals surface area contributed by atoms with Crippen molar-refractivity contribution < 1.29 is 142 Å². The Bertz CT molecular complexity index is 4270. The van der Waals surface area contributed by atoms with Gasteiger partial charge in [-0.05, 0) is 6.07 Å². The first kappa shape index (κ1) is 46.2. The fourth-order valence-electron chi connectivity index (χ4n) is 9.40. The van der Waals surface area contributed by atoms with Crippen LogP contribution in [0.3, 0.4) is 0 Å². The third-order valence-electron chi connectivity index (χ3n) is 12.8. The number of phenols is 27. The lowest BCUT2D eigenvalue weighted by molar-refractivity contribution is 0.329. The van der Waals surface area contributed by atoms with Gasteiger partial charge in [-0.1, -0.05) is 0 Å². The summed E-state index contributed by atoms with van der Waals surface area (Å²) in [6, 6.07) is 0.369. The van der Waals surface area contributed by atoms with Crippen molar-refractivity contribution in [2.24, 2.45) is 0 Å². The second-order valence-electron chi connectivity index (χ2n) is 16.4. The van der Waals surface area contributed by atoms with Gasteiger partial charge in [0, 0.05) is 38.1 Å². The smallest absolute Gasteiger partial charge is 0.208 e. The van der Waals surface area contributed by atoms with E-state index in [0.717, 1.165) is 0 Å². The fourth-order valence-corrected chi connectivity index (χ4v) is 9.40. The zero-order valence-corrected chi connectivity index (χ0v) is 35.6. The Balaban J connectivity index is 1.44. The molecule has 10 rings (SSSR count). The van der Waals surface area contributed by atoms with Crippen molar-refractivity contribution in [2.75, 3.05) is 0 Å². The van der Waals surface area contributed by atoms with Crippen LogP contribution in [-0.2, 0) is 0 Å². The number of fused-ring (bicyclic) bond motifs is 8. The normalized spacial score (nSPS) is 11.9. The van der Waals surface area contributed by atoms with Gasteiger partial charge in [-0.25, -0.2) is 0 Å². The molecule has 27 N–H and O–H groups in total. The van der Waals surface area contributed by atoms with E-state index in [1.165, 1.54) is 0 Å². The van der Waals surface area contributed by atoms with Crippen LogP contribution in [0.15, 0.2) is 10.5 Å². The molecule has 0 aliphatic heterocycles. The molecule has 0 saturated heterocycles. The molecule has 0 atom stereocenters. The first-order valence-corrected chi connectivity index (χ1v) is 20.0. The minimum absolute atomic E-state index is 0.369. The van der Waals surface area contributed by atoms with E-state index in [9.17, 15) is 138 Å². The Kier molecular flexibility index (Phi) is 8.89. The minimum Gasteiger partial charge on any atom is -0.507 e. The van der Waals surface area contributed by atoms with E-state index in [0.29, 0.717) is 6.07 Å². The van der Waals surface area contributed by atoms with E-state index >= 15 is 0 Å². The lowest BCUT2D eigenvalue weighted by atomic mass is 9.81. The molecule has 0 aliphatic carbocycles. The summed E-state index contributed by atoms with van der Waals surface area (Å²) >= 11 is 0. The van der Waals surface area contributed by atoms with Crippen LogP contribution in [0.4, 0.5) is 0 Å². The van der Waals surface area contributed by atoms with Crippen LogP contribution in [0, 0.1) is 0 Å². The van der Waals surface area contributed by atoms with Gasteiger partial charge >= 0.3 is 0 Å². The van der Waals surface area contributed by atoms with Gasteiger partial charge in [-0.15, -0.1) is 0 Å². The summed E-state index contributed by atoms with van der Waals surface area (Å²) in [7, 11) is 0. The number of aromatic hydroxyl groups is 27. The van der Waals surface area contributed by atoms with Gasteiger partial charge in [0.2, 0.25) is 57.5 Å². The van der Waals surface area contributed by atoms with E-state index in [1.54, 1.807) is 0 Å². The third kappa shape index (κ3) is 5.11. The molecular formula is C46H28O28. The molecular weight excluding hydrogens is 1000 g/mol. The molecule has 0 bridgehead atoms. The molecule has 380 valence electrons. The first-order chi connectivity index (χ1) is 34.6. The van der Waals surface area contributed by atoms with Gasteiger partial charge in [0.1, 0.15) is 23.0 Å². The quantitative estimate of drug-likeness (QED) is 0.0610. The summed E-state index contributed by atoms with van der Waals surface area (Å²) in [6.45, 7) is 0. The Morgan fingerprint density at radius 3 is 0.892 bits per heavy atom. The predicted molar refractivity (Wildman–Crippen MR) is 245 cm³/mol. The van der Waals surface area contributed by atoms with Crippen LogP contribution in [0.1, 0.15) is 0 Å². The van der Waals surface area contributed by atoms with Gasteiger partial charge in [0.25, 0.3) is 0 Å². The first-order valence-electron chi connectivity index (χ1n) is 20.0. The summed E-state index contributed by atoms with van der Waals surface area (Å²) in [4.78, 5) is 0. The van der Waals surface area contributed by atoms with E-state index < -0.39 is 254 Å². The van der Waals surface area contributed by atoms with Crippen molar-refractivity contribution in [2.45, 2.75) is 0 Å². The second kappa shape index (κ2) is 14.3. The van der Waals surface area contributed by atoms with E-state index in [2.05, 4.69) is 0 Å². The van der Waals surface area contributed by atoms with Gasteiger partial charge < -0.3 is 142 Å². The van der Waals surface area contributed by atoms with Crippen molar-refractivity contribution in [3.63, 3.8) is 0 Å². The average Bonchev–Trinajstić information content (AvgIpc) is 3.78. The highest BCUT2D eigenvalue weighted by Gasteiger charge is 2.40. The van der Waals surface area contributed by atoms with Gasteiger partial charge in [-0.2, -0.15) is 0 Å². The summed E-state index contributed by atoms with van der Waals surface area (Å²) in [5.74, 6) is -42.7. The van der Waals surface area contributed by atoms with Crippen LogP contribution in [0.2, 0.25) is 0 Å². The SMILES string of the molecule is Oc1cc2c(O)c(-c3c(O)c(O)c(O)c(O)c3O)c(O)c(O)c2c(O)c1-c1c2c(O)c(O)c(O)c(O)c2c(-c2c(O)c(O)c3oc4c5c(O)c(O)c(O)c(O)c5c(O)c(O)c4c3c2O)c2c(O)c(O)c(O)c(O)c12. The zero-order chi connectivity index (χ0) is 54.4. The van der Waals surface area contributed by atoms with Crippen LogP contribution in [0.25, 0.3) is 98.4 Å². The lowest BCUT2D eigenvalue weighted by Crippen LogP contribution is -1.97. The maximum Gasteiger partial charge on any atom is 0.208 e. The largest absolute Gasteiger partial charge is 0.507 e. The Hall–Kier alpha value is -11.6. The summed E-state index contributed by atoms with van der Waals surface area (Å²) in [6.07, 6.45) is 0. The maximum atomic E-state index is 12.3. The summed E-state index contributed by atoms with van der Waals surface area (Å²) in [5.41, 5.74) is -10.1. The molecule has 1 aromatic heterocycles. The zero-order valence-electron chi connectivity index (χ0n) is 35.6. The number of benzene rings is 9. The van der Waals surface area contributed by atoms with Crippen LogP contribution in [0.5, 0.6) is 155 Å². The van der Waals surface area contributed by atoms with Crippen molar-refractivity contribution in [1.82, 2.24) is 0 Å². The topological polar surface area (TPSA) is 559 Å². The van der Waals surface area contributed by atoms with Gasteiger partial charge in [0.15, 0.2) is 85.9 Å². The summed E-state index contributed by atoms with van der Waals surface area (Å²) < 4.78 is 5.57. The molecule has 74 heavy (non-hydrogen) atoms. The Morgan fingerprint density at radius 1 is 0.176 bits per heavy atom.